The number of halogens is 5. The van der Waals surface area contributed by atoms with Gasteiger partial charge in [-0.3, -0.25) is 14.5 Å². The van der Waals surface area contributed by atoms with Gasteiger partial charge < -0.3 is 10.6 Å². The van der Waals surface area contributed by atoms with Crippen molar-refractivity contribution >= 4 is 17.7 Å². The molecule has 33 heavy (non-hydrogen) atoms. The van der Waals surface area contributed by atoms with E-state index < -0.39 is 24.6 Å². The summed E-state index contributed by atoms with van der Waals surface area (Å²) in [6, 6.07) is 7.89. The summed E-state index contributed by atoms with van der Waals surface area (Å²) in [5, 5.41) is 8.87. The minimum Gasteiger partial charge on any atom is -0.323 e. The Bertz CT molecular complexity index is 1120. The number of carbonyl (C=O) groups is 1. The number of amides is 1. The molecule has 0 atom stereocenters. The molecule has 0 aliphatic rings. The Morgan fingerprint density at radius 2 is 1.82 bits per heavy atom. The van der Waals surface area contributed by atoms with Gasteiger partial charge in [0.2, 0.25) is 5.91 Å². The molecule has 174 valence electrons. The summed E-state index contributed by atoms with van der Waals surface area (Å²) in [5.41, 5.74) is 3.37. The molecule has 0 fully saturated rings. The van der Waals surface area contributed by atoms with E-state index >= 15 is 0 Å². The molecule has 0 aliphatic heterocycles. The summed E-state index contributed by atoms with van der Waals surface area (Å²) in [4.78, 5) is 16.3. The summed E-state index contributed by atoms with van der Waals surface area (Å²) < 4.78 is 64.0. The number of aromatic nitrogens is 3. The molecule has 0 unspecified atom stereocenters. The molecule has 2 heterocycles. The number of aryl methyl sites for hydroxylation is 1. The lowest BCUT2D eigenvalue weighted by Crippen LogP contribution is -2.45. The van der Waals surface area contributed by atoms with Gasteiger partial charge in [-0.05, 0) is 35.4 Å². The number of rotatable bonds is 8. The number of alkyl halides is 5. The van der Waals surface area contributed by atoms with Crippen molar-refractivity contribution < 1.29 is 26.7 Å². The number of nitrogens with zero attached hydrogens (tertiary/aromatic N) is 3. The lowest BCUT2D eigenvalue weighted by atomic mass is 10.0. The number of carbonyl (C=O) groups excluding carboxylic acids is 1. The van der Waals surface area contributed by atoms with Crippen LogP contribution < -0.4 is 10.6 Å². The highest BCUT2D eigenvalue weighted by Gasteiger charge is 2.56. The van der Waals surface area contributed by atoms with E-state index in [9.17, 15) is 26.7 Å². The minimum absolute atomic E-state index is 0.183. The standard InChI is InChI=1S/C22H20F5N5O/c1-32-13-17(12-30-32)19-8-9-28-11-16(19)4-7-20(33)31-18-5-2-15(3-6-18)10-29-14-21(23,24)22(25,26)27/h2-9,11-13,29H,10,14H2,1H3,(H,31,33). The predicted octanol–water partition coefficient (Wildman–Crippen LogP) is 4.42. The summed E-state index contributed by atoms with van der Waals surface area (Å²) in [6.07, 6.45) is 4.16. The Morgan fingerprint density at radius 3 is 2.45 bits per heavy atom. The number of anilines is 1. The van der Waals surface area contributed by atoms with Crippen molar-refractivity contribution in [3.05, 3.63) is 72.3 Å². The van der Waals surface area contributed by atoms with Crippen LogP contribution in [0.3, 0.4) is 0 Å². The van der Waals surface area contributed by atoms with Crippen LogP contribution in [0.4, 0.5) is 27.6 Å². The number of pyridine rings is 1. The number of benzene rings is 1. The Labute approximate surface area is 186 Å². The van der Waals surface area contributed by atoms with Crippen LogP contribution in [0.1, 0.15) is 11.1 Å². The largest absolute Gasteiger partial charge is 0.454 e. The monoisotopic (exact) mass is 465 g/mol. The fraction of sp³-hybridized carbons (Fsp3) is 0.227. The number of hydrogen-bond acceptors (Lipinski definition) is 4. The normalized spacial score (nSPS) is 12.3. The summed E-state index contributed by atoms with van der Waals surface area (Å²) in [5.74, 6) is -5.22. The quantitative estimate of drug-likeness (QED) is 0.382. The molecule has 0 radical (unpaired) electrons. The highest BCUT2D eigenvalue weighted by Crippen LogP contribution is 2.34. The molecular formula is C22H20F5N5O. The van der Waals surface area contributed by atoms with Gasteiger partial charge in [0.05, 0.1) is 12.7 Å². The fourth-order valence-electron chi connectivity index (χ4n) is 2.88. The van der Waals surface area contributed by atoms with E-state index in [2.05, 4.69) is 20.7 Å². The van der Waals surface area contributed by atoms with Crippen LogP contribution >= 0.6 is 0 Å². The van der Waals surface area contributed by atoms with Crippen molar-refractivity contribution in [2.24, 2.45) is 7.05 Å². The first kappa shape index (κ1) is 24.1. The van der Waals surface area contributed by atoms with E-state index in [1.807, 2.05) is 12.3 Å². The van der Waals surface area contributed by atoms with Gasteiger partial charge >= 0.3 is 12.1 Å². The first-order chi connectivity index (χ1) is 15.5. The van der Waals surface area contributed by atoms with Gasteiger partial charge in [0, 0.05) is 55.1 Å². The molecule has 0 aliphatic carbocycles. The van der Waals surface area contributed by atoms with Gasteiger partial charge in [-0.25, -0.2) is 0 Å². The lowest BCUT2D eigenvalue weighted by molar-refractivity contribution is -0.279. The Hall–Kier alpha value is -3.60. The van der Waals surface area contributed by atoms with Crippen LogP contribution in [0, 0.1) is 0 Å². The summed E-state index contributed by atoms with van der Waals surface area (Å²) in [7, 11) is 1.80. The molecule has 0 saturated heterocycles. The first-order valence-corrected chi connectivity index (χ1v) is 9.71. The van der Waals surface area contributed by atoms with Gasteiger partial charge in [0.1, 0.15) is 0 Å². The van der Waals surface area contributed by atoms with Gasteiger partial charge in [-0.2, -0.15) is 27.1 Å². The molecule has 11 heteroatoms. The predicted molar refractivity (Wildman–Crippen MR) is 113 cm³/mol. The Balaban J connectivity index is 1.56. The van der Waals surface area contributed by atoms with Gasteiger partial charge in [0.15, 0.2) is 0 Å². The van der Waals surface area contributed by atoms with Crippen molar-refractivity contribution in [1.29, 1.82) is 0 Å². The van der Waals surface area contributed by atoms with E-state index in [-0.39, 0.29) is 6.54 Å². The van der Waals surface area contributed by atoms with Crippen LogP contribution in [0.25, 0.3) is 17.2 Å². The number of nitrogens with one attached hydrogen (secondary N) is 2. The second-order valence-electron chi connectivity index (χ2n) is 7.19. The SMILES string of the molecule is Cn1cc(-c2ccncc2C=CC(=O)Nc2ccc(CNCC(F)(F)C(F)(F)F)cc2)cn1. The smallest absolute Gasteiger partial charge is 0.323 e. The second kappa shape index (κ2) is 9.90. The van der Waals surface area contributed by atoms with Crippen molar-refractivity contribution in [3.63, 3.8) is 0 Å². The summed E-state index contributed by atoms with van der Waals surface area (Å²) in [6.45, 7) is -1.70. The van der Waals surface area contributed by atoms with Crippen molar-refractivity contribution in [2.75, 3.05) is 11.9 Å². The molecule has 3 rings (SSSR count). The highest BCUT2D eigenvalue weighted by atomic mass is 19.4. The van der Waals surface area contributed by atoms with Crippen LogP contribution in [-0.2, 0) is 18.4 Å². The average molecular weight is 465 g/mol. The van der Waals surface area contributed by atoms with Gasteiger partial charge in [-0.1, -0.05) is 12.1 Å². The lowest BCUT2D eigenvalue weighted by Gasteiger charge is -2.19. The van der Waals surface area contributed by atoms with E-state index in [4.69, 9.17) is 0 Å². The summed E-state index contributed by atoms with van der Waals surface area (Å²) >= 11 is 0. The maximum absolute atomic E-state index is 12.9. The fourth-order valence-corrected chi connectivity index (χ4v) is 2.88. The Kier molecular flexibility index (Phi) is 7.22. The minimum atomic E-state index is -5.60. The zero-order valence-electron chi connectivity index (χ0n) is 17.4. The molecule has 0 saturated carbocycles. The molecule has 2 aromatic heterocycles. The van der Waals surface area contributed by atoms with Crippen LogP contribution in [0.15, 0.2) is 61.2 Å². The van der Waals surface area contributed by atoms with E-state index in [1.165, 1.54) is 30.3 Å². The molecule has 1 amide bonds. The van der Waals surface area contributed by atoms with E-state index in [1.54, 1.807) is 36.4 Å². The second-order valence-corrected chi connectivity index (χ2v) is 7.19. The maximum Gasteiger partial charge on any atom is 0.454 e. The molecular weight excluding hydrogens is 445 g/mol. The van der Waals surface area contributed by atoms with Crippen LogP contribution in [-0.4, -0.2) is 39.3 Å². The molecule has 0 bridgehead atoms. The van der Waals surface area contributed by atoms with Crippen LogP contribution in [0.5, 0.6) is 0 Å². The van der Waals surface area contributed by atoms with Crippen LogP contribution in [0.2, 0.25) is 0 Å². The third-order valence-electron chi connectivity index (χ3n) is 4.59. The molecule has 2 N–H and O–H groups in total. The van der Waals surface area contributed by atoms with Crippen molar-refractivity contribution in [2.45, 2.75) is 18.6 Å². The Morgan fingerprint density at radius 1 is 1.09 bits per heavy atom. The van der Waals surface area contributed by atoms with Gasteiger partial charge in [0.25, 0.3) is 0 Å². The van der Waals surface area contributed by atoms with E-state index in [0.717, 1.165) is 16.7 Å². The number of hydrogen-bond donors (Lipinski definition) is 2. The zero-order chi connectivity index (χ0) is 24.1. The van der Waals surface area contributed by atoms with Gasteiger partial charge in [-0.15, -0.1) is 0 Å². The maximum atomic E-state index is 12.9. The zero-order valence-corrected chi connectivity index (χ0v) is 17.4. The molecule has 1 aromatic carbocycles. The molecule has 3 aromatic rings. The first-order valence-electron chi connectivity index (χ1n) is 9.71. The highest BCUT2D eigenvalue weighted by molar-refractivity contribution is 6.02. The molecule has 0 spiro atoms. The third kappa shape index (κ3) is 6.45. The average Bonchev–Trinajstić information content (AvgIpc) is 3.19. The third-order valence-corrected chi connectivity index (χ3v) is 4.59. The van der Waals surface area contributed by atoms with E-state index in [0.29, 0.717) is 11.3 Å². The van der Waals surface area contributed by atoms with Crippen molar-refractivity contribution in [3.8, 4) is 11.1 Å². The molecule has 6 nitrogen and oxygen atoms in total. The van der Waals surface area contributed by atoms with Crippen molar-refractivity contribution in [1.82, 2.24) is 20.1 Å². The topological polar surface area (TPSA) is 71.8 Å².